The lowest BCUT2D eigenvalue weighted by atomic mass is 10.1. The van der Waals surface area contributed by atoms with Crippen molar-refractivity contribution in [1.29, 1.82) is 0 Å². The molecule has 2 aliphatic rings. The molecule has 154 valence electrons. The highest BCUT2D eigenvalue weighted by Crippen LogP contribution is 2.31. The van der Waals surface area contributed by atoms with Crippen molar-refractivity contribution < 1.29 is 19.1 Å². The van der Waals surface area contributed by atoms with Gasteiger partial charge < -0.3 is 25.4 Å². The summed E-state index contributed by atoms with van der Waals surface area (Å²) in [5, 5.41) is 2.88. The van der Waals surface area contributed by atoms with Crippen LogP contribution in [0.5, 0.6) is 11.5 Å². The first-order valence-electron chi connectivity index (χ1n) is 10.3. The lowest BCUT2D eigenvalue weighted by Gasteiger charge is -2.26. The maximum Gasteiger partial charge on any atom is 0.260 e. The standard InChI is InChI=1S/C21H31N3O4/c1-2-27-19-12-16(21(26)23-13-17(22)15-6-7-15)8-9-18(19)28-14-20(25)24-10-4-3-5-11-24/h8-9,12,15,17H,2-7,10-11,13-14,22H2,1H3,(H,23,26). The number of hydrogen-bond donors (Lipinski definition) is 2. The largest absolute Gasteiger partial charge is 0.490 e. The molecule has 28 heavy (non-hydrogen) atoms. The molecule has 1 unspecified atom stereocenters. The van der Waals surface area contributed by atoms with E-state index in [4.69, 9.17) is 15.2 Å². The second-order valence-corrected chi connectivity index (χ2v) is 7.54. The van der Waals surface area contributed by atoms with Gasteiger partial charge in [-0.1, -0.05) is 0 Å². The van der Waals surface area contributed by atoms with E-state index in [-0.39, 0.29) is 24.5 Å². The molecule has 0 bridgehead atoms. The zero-order chi connectivity index (χ0) is 19.9. The van der Waals surface area contributed by atoms with Crippen LogP contribution >= 0.6 is 0 Å². The molecule has 1 saturated carbocycles. The van der Waals surface area contributed by atoms with Crippen molar-refractivity contribution in [1.82, 2.24) is 10.2 Å². The number of rotatable bonds is 9. The van der Waals surface area contributed by atoms with E-state index >= 15 is 0 Å². The third-order valence-electron chi connectivity index (χ3n) is 5.29. The van der Waals surface area contributed by atoms with Crippen molar-refractivity contribution in [2.75, 3.05) is 32.8 Å². The van der Waals surface area contributed by atoms with Gasteiger partial charge in [0.25, 0.3) is 11.8 Å². The van der Waals surface area contributed by atoms with Gasteiger partial charge >= 0.3 is 0 Å². The normalized spacial score (nSPS) is 17.7. The molecule has 1 aromatic rings. The molecule has 0 radical (unpaired) electrons. The zero-order valence-electron chi connectivity index (χ0n) is 16.6. The SMILES string of the molecule is CCOc1cc(C(=O)NCC(N)C2CC2)ccc1OCC(=O)N1CCCCC1. The van der Waals surface area contributed by atoms with Crippen molar-refractivity contribution in [2.45, 2.75) is 45.1 Å². The Hall–Kier alpha value is -2.28. The summed E-state index contributed by atoms with van der Waals surface area (Å²) >= 11 is 0. The maximum atomic E-state index is 12.4. The lowest BCUT2D eigenvalue weighted by molar-refractivity contribution is -0.134. The van der Waals surface area contributed by atoms with E-state index in [0.717, 1.165) is 38.8 Å². The molecule has 2 amide bonds. The fraction of sp³-hybridized carbons (Fsp3) is 0.619. The molecule has 3 N–H and O–H groups in total. The second-order valence-electron chi connectivity index (χ2n) is 7.54. The quantitative estimate of drug-likeness (QED) is 0.673. The van der Waals surface area contributed by atoms with Crippen LogP contribution in [-0.4, -0.2) is 55.6 Å². The van der Waals surface area contributed by atoms with E-state index in [2.05, 4.69) is 5.32 Å². The smallest absolute Gasteiger partial charge is 0.260 e. The average Bonchev–Trinajstić information content (AvgIpc) is 3.57. The van der Waals surface area contributed by atoms with Gasteiger partial charge in [0.15, 0.2) is 18.1 Å². The Morgan fingerprint density at radius 2 is 1.93 bits per heavy atom. The van der Waals surface area contributed by atoms with Crippen molar-refractivity contribution in [3.63, 3.8) is 0 Å². The van der Waals surface area contributed by atoms with Gasteiger partial charge in [-0.15, -0.1) is 0 Å². The topological polar surface area (TPSA) is 93.9 Å². The summed E-state index contributed by atoms with van der Waals surface area (Å²) in [4.78, 5) is 26.6. The Labute approximate surface area is 166 Å². The summed E-state index contributed by atoms with van der Waals surface area (Å²) in [7, 11) is 0. The summed E-state index contributed by atoms with van der Waals surface area (Å²) in [6.45, 7) is 4.33. The van der Waals surface area contributed by atoms with Gasteiger partial charge in [0.05, 0.1) is 6.61 Å². The molecule has 1 aliphatic carbocycles. The summed E-state index contributed by atoms with van der Waals surface area (Å²) in [6.07, 6.45) is 5.56. The number of nitrogens with one attached hydrogen (secondary N) is 1. The Morgan fingerprint density at radius 1 is 1.18 bits per heavy atom. The molecule has 1 aromatic carbocycles. The van der Waals surface area contributed by atoms with E-state index in [1.807, 2.05) is 11.8 Å². The van der Waals surface area contributed by atoms with Crippen LogP contribution in [0.1, 0.15) is 49.4 Å². The van der Waals surface area contributed by atoms with Crippen LogP contribution in [0.4, 0.5) is 0 Å². The first-order valence-corrected chi connectivity index (χ1v) is 10.3. The number of carbonyl (C=O) groups is 2. The maximum absolute atomic E-state index is 12.4. The fourth-order valence-electron chi connectivity index (χ4n) is 3.41. The van der Waals surface area contributed by atoms with Gasteiger partial charge in [-0.05, 0) is 63.1 Å². The van der Waals surface area contributed by atoms with Crippen LogP contribution in [0, 0.1) is 5.92 Å². The summed E-state index contributed by atoms with van der Waals surface area (Å²) < 4.78 is 11.3. The number of piperidine rings is 1. The number of benzene rings is 1. The van der Waals surface area contributed by atoms with Gasteiger partial charge in [-0.3, -0.25) is 9.59 Å². The molecular weight excluding hydrogens is 358 g/mol. The number of nitrogens with zero attached hydrogens (tertiary/aromatic N) is 1. The van der Waals surface area contributed by atoms with Gasteiger partial charge in [0, 0.05) is 31.2 Å². The minimum atomic E-state index is -0.187. The fourth-order valence-corrected chi connectivity index (χ4v) is 3.41. The van der Waals surface area contributed by atoms with E-state index in [9.17, 15) is 9.59 Å². The molecule has 3 rings (SSSR count). The van der Waals surface area contributed by atoms with Crippen LogP contribution in [0.25, 0.3) is 0 Å². The Balaban J connectivity index is 1.58. The Bertz CT molecular complexity index is 684. The molecular formula is C21H31N3O4. The Morgan fingerprint density at radius 3 is 2.61 bits per heavy atom. The van der Waals surface area contributed by atoms with Crippen molar-refractivity contribution in [2.24, 2.45) is 11.7 Å². The third-order valence-corrected chi connectivity index (χ3v) is 5.29. The van der Waals surface area contributed by atoms with Crippen molar-refractivity contribution >= 4 is 11.8 Å². The van der Waals surface area contributed by atoms with E-state index in [0.29, 0.717) is 36.1 Å². The predicted molar refractivity (Wildman–Crippen MR) is 107 cm³/mol. The second kappa shape index (κ2) is 9.78. The first-order chi connectivity index (χ1) is 13.6. The molecule has 0 aromatic heterocycles. The van der Waals surface area contributed by atoms with Crippen LogP contribution in [0.15, 0.2) is 18.2 Å². The number of nitrogens with two attached hydrogens (primary N) is 1. The first kappa shape index (κ1) is 20.5. The number of amides is 2. The average molecular weight is 389 g/mol. The number of carbonyl (C=O) groups excluding carboxylic acids is 2. The van der Waals surface area contributed by atoms with Crippen LogP contribution in [0.2, 0.25) is 0 Å². The van der Waals surface area contributed by atoms with Crippen LogP contribution in [-0.2, 0) is 4.79 Å². The summed E-state index contributed by atoms with van der Waals surface area (Å²) in [5.74, 6) is 1.27. The van der Waals surface area contributed by atoms with E-state index in [1.54, 1.807) is 18.2 Å². The molecule has 1 aliphatic heterocycles. The minimum Gasteiger partial charge on any atom is -0.490 e. The number of ether oxygens (including phenoxy) is 2. The predicted octanol–water partition coefficient (Wildman–Crippen LogP) is 1.94. The summed E-state index contributed by atoms with van der Waals surface area (Å²) in [6, 6.07) is 5.03. The zero-order valence-corrected chi connectivity index (χ0v) is 16.6. The number of likely N-dealkylation sites (tertiary alicyclic amines) is 1. The van der Waals surface area contributed by atoms with Crippen LogP contribution in [0.3, 0.4) is 0 Å². The monoisotopic (exact) mass is 389 g/mol. The van der Waals surface area contributed by atoms with Crippen molar-refractivity contribution in [3.8, 4) is 11.5 Å². The lowest BCUT2D eigenvalue weighted by Crippen LogP contribution is -2.38. The van der Waals surface area contributed by atoms with Gasteiger partial charge in [0.2, 0.25) is 0 Å². The molecule has 7 nitrogen and oxygen atoms in total. The molecule has 1 saturated heterocycles. The highest BCUT2D eigenvalue weighted by molar-refractivity contribution is 5.95. The molecule has 1 atom stereocenters. The molecule has 1 heterocycles. The van der Waals surface area contributed by atoms with Gasteiger partial charge in [-0.2, -0.15) is 0 Å². The van der Waals surface area contributed by atoms with E-state index in [1.165, 1.54) is 6.42 Å². The highest BCUT2D eigenvalue weighted by atomic mass is 16.5. The van der Waals surface area contributed by atoms with Crippen LogP contribution < -0.4 is 20.5 Å². The summed E-state index contributed by atoms with van der Waals surface area (Å²) in [5.41, 5.74) is 6.53. The minimum absolute atomic E-state index is 0.0127. The van der Waals surface area contributed by atoms with Gasteiger partial charge in [-0.25, -0.2) is 0 Å². The molecule has 0 spiro atoms. The Kier molecular flexibility index (Phi) is 7.14. The van der Waals surface area contributed by atoms with E-state index < -0.39 is 0 Å². The molecule has 2 fully saturated rings. The highest BCUT2D eigenvalue weighted by Gasteiger charge is 2.28. The number of hydrogen-bond acceptors (Lipinski definition) is 5. The van der Waals surface area contributed by atoms with Crippen molar-refractivity contribution in [3.05, 3.63) is 23.8 Å². The van der Waals surface area contributed by atoms with Gasteiger partial charge in [0.1, 0.15) is 0 Å². The third kappa shape index (κ3) is 5.61. The molecule has 7 heteroatoms.